The molecule has 0 fully saturated rings. The monoisotopic (exact) mass is 282 g/mol. The third-order valence-corrected chi connectivity index (χ3v) is 3.82. The first kappa shape index (κ1) is 13.5. The Morgan fingerprint density at radius 1 is 1.19 bits per heavy atom. The zero-order valence-electron chi connectivity index (χ0n) is 12.0. The molecule has 108 valence electrons. The molecule has 0 spiro atoms. The zero-order chi connectivity index (χ0) is 14.8. The molecule has 0 radical (unpaired) electrons. The van der Waals surface area contributed by atoms with Crippen molar-refractivity contribution in [1.82, 2.24) is 0 Å². The predicted molar refractivity (Wildman–Crippen MR) is 83.4 cm³/mol. The molecule has 1 heterocycles. The van der Waals surface area contributed by atoms with E-state index in [1.165, 1.54) is 0 Å². The summed E-state index contributed by atoms with van der Waals surface area (Å²) in [5, 5.41) is 0. The molecule has 2 aromatic carbocycles. The Bertz CT molecular complexity index is 682. The third-order valence-electron chi connectivity index (χ3n) is 3.82. The molecule has 4 nitrogen and oxygen atoms in total. The smallest absolute Gasteiger partial charge is 0.227 e. The maximum Gasteiger partial charge on any atom is 0.227 e. The van der Waals surface area contributed by atoms with E-state index in [1.54, 1.807) is 7.11 Å². The summed E-state index contributed by atoms with van der Waals surface area (Å²) in [5.74, 6) is 0.936. The summed E-state index contributed by atoms with van der Waals surface area (Å²) in [6.45, 7) is 0.514. The highest BCUT2D eigenvalue weighted by Crippen LogP contribution is 2.32. The average molecular weight is 282 g/mol. The van der Waals surface area contributed by atoms with Gasteiger partial charge in [0, 0.05) is 23.4 Å². The standard InChI is InChI=1S/C17H18N2O2/c1-21-16-5-3-2-4-13(16)11-19-15-8-7-14(18)10-12(15)6-9-17(19)20/h2-5,7-8,10H,6,9,11,18H2,1H3. The molecule has 1 amide bonds. The van der Waals surface area contributed by atoms with Gasteiger partial charge < -0.3 is 15.4 Å². The van der Waals surface area contributed by atoms with Gasteiger partial charge in [0.05, 0.1) is 13.7 Å². The molecule has 21 heavy (non-hydrogen) atoms. The summed E-state index contributed by atoms with van der Waals surface area (Å²) in [5.41, 5.74) is 9.65. The highest BCUT2D eigenvalue weighted by Gasteiger charge is 2.25. The van der Waals surface area contributed by atoms with Crippen LogP contribution in [0.1, 0.15) is 17.5 Å². The fraction of sp³-hybridized carbons (Fsp3) is 0.235. The summed E-state index contributed by atoms with van der Waals surface area (Å²) < 4.78 is 5.37. The van der Waals surface area contributed by atoms with E-state index in [9.17, 15) is 4.79 Å². The number of fused-ring (bicyclic) bond motifs is 1. The number of carbonyl (C=O) groups is 1. The van der Waals surface area contributed by atoms with Crippen LogP contribution in [-0.4, -0.2) is 13.0 Å². The number of methoxy groups -OCH3 is 1. The number of rotatable bonds is 3. The second kappa shape index (κ2) is 5.48. The second-order valence-corrected chi connectivity index (χ2v) is 5.18. The molecule has 0 bridgehead atoms. The topological polar surface area (TPSA) is 55.6 Å². The van der Waals surface area contributed by atoms with Gasteiger partial charge >= 0.3 is 0 Å². The molecule has 2 aromatic rings. The first-order chi connectivity index (χ1) is 10.2. The van der Waals surface area contributed by atoms with Crippen molar-refractivity contribution >= 4 is 17.3 Å². The number of carbonyl (C=O) groups excluding carboxylic acids is 1. The minimum atomic E-state index is 0.137. The average Bonchev–Trinajstić information content (AvgIpc) is 2.50. The number of hydrogen-bond acceptors (Lipinski definition) is 3. The lowest BCUT2D eigenvalue weighted by Crippen LogP contribution is -2.34. The lowest BCUT2D eigenvalue weighted by molar-refractivity contribution is -0.119. The van der Waals surface area contributed by atoms with Crippen LogP contribution in [0.25, 0.3) is 0 Å². The van der Waals surface area contributed by atoms with Crippen LogP contribution in [-0.2, 0) is 17.8 Å². The Hall–Kier alpha value is -2.49. The van der Waals surface area contributed by atoms with Crippen molar-refractivity contribution in [2.75, 3.05) is 17.7 Å². The van der Waals surface area contributed by atoms with Crippen molar-refractivity contribution in [2.45, 2.75) is 19.4 Å². The Balaban J connectivity index is 1.97. The molecule has 3 rings (SSSR count). The van der Waals surface area contributed by atoms with E-state index in [0.717, 1.165) is 34.7 Å². The normalized spacial score (nSPS) is 14.0. The summed E-state index contributed by atoms with van der Waals surface area (Å²) >= 11 is 0. The van der Waals surface area contributed by atoms with Crippen LogP contribution >= 0.6 is 0 Å². The molecule has 0 aliphatic carbocycles. The minimum absolute atomic E-state index is 0.137. The van der Waals surface area contributed by atoms with Gasteiger partial charge in [0.1, 0.15) is 5.75 Å². The van der Waals surface area contributed by atoms with Crippen molar-refractivity contribution in [3.8, 4) is 5.75 Å². The maximum absolute atomic E-state index is 12.3. The fourth-order valence-electron chi connectivity index (χ4n) is 2.76. The fourth-order valence-corrected chi connectivity index (χ4v) is 2.76. The van der Waals surface area contributed by atoms with Crippen molar-refractivity contribution in [1.29, 1.82) is 0 Å². The molecular formula is C17H18N2O2. The van der Waals surface area contributed by atoms with Gasteiger partial charge in [-0.1, -0.05) is 18.2 Å². The molecule has 0 atom stereocenters. The Labute approximate surface area is 124 Å². The number of benzene rings is 2. The molecule has 0 saturated heterocycles. The van der Waals surface area contributed by atoms with Crippen LogP contribution in [0.4, 0.5) is 11.4 Å². The van der Waals surface area contributed by atoms with Crippen molar-refractivity contribution in [3.63, 3.8) is 0 Å². The van der Waals surface area contributed by atoms with Gasteiger partial charge in [0.25, 0.3) is 0 Å². The van der Waals surface area contributed by atoms with Crippen LogP contribution in [0.2, 0.25) is 0 Å². The molecule has 2 N–H and O–H groups in total. The second-order valence-electron chi connectivity index (χ2n) is 5.18. The number of ether oxygens (including phenoxy) is 1. The van der Waals surface area contributed by atoms with Gasteiger partial charge in [-0.15, -0.1) is 0 Å². The van der Waals surface area contributed by atoms with Gasteiger partial charge in [-0.25, -0.2) is 0 Å². The van der Waals surface area contributed by atoms with Crippen LogP contribution in [0.15, 0.2) is 42.5 Å². The molecule has 1 aliphatic heterocycles. The van der Waals surface area contributed by atoms with E-state index in [1.807, 2.05) is 47.4 Å². The molecule has 0 aromatic heterocycles. The molecule has 4 heteroatoms. The molecule has 0 unspecified atom stereocenters. The molecule has 1 aliphatic rings. The Kier molecular flexibility index (Phi) is 3.52. The summed E-state index contributed by atoms with van der Waals surface area (Å²) in [6.07, 6.45) is 1.27. The van der Waals surface area contributed by atoms with Crippen LogP contribution in [0.3, 0.4) is 0 Å². The molecule has 0 saturated carbocycles. The van der Waals surface area contributed by atoms with E-state index in [-0.39, 0.29) is 5.91 Å². The lowest BCUT2D eigenvalue weighted by Gasteiger charge is -2.30. The highest BCUT2D eigenvalue weighted by molar-refractivity contribution is 5.96. The van der Waals surface area contributed by atoms with E-state index in [0.29, 0.717) is 13.0 Å². The number of nitrogens with two attached hydrogens (primary N) is 1. The van der Waals surface area contributed by atoms with Crippen LogP contribution < -0.4 is 15.4 Å². The number of amides is 1. The maximum atomic E-state index is 12.3. The highest BCUT2D eigenvalue weighted by atomic mass is 16.5. The van der Waals surface area contributed by atoms with E-state index in [2.05, 4.69) is 0 Å². The zero-order valence-corrected chi connectivity index (χ0v) is 12.0. The first-order valence-corrected chi connectivity index (χ1v) is 6.99. The molecular weight excluding hydrogens is 264 g/mol. The Morgan fingerprint density at radius 2 is 2.00 bits per heavy atom. The van der Waals surface area contributed by atoms with E-state index < -0.39 is 0 Å². The third kappa shape index (κ3) is 2.57. The minimum Gasteiger partial charge on any atom is -0.496 e. The van der Waals surface area contributed by atoms with Crippen molar-refractivity contribution in [2.24, 2.45) is 0 Å². The number of nitrogen functional groups attached to an aromatic ring is 1. The van der Waals surface area contributed by atoms with Gasteiger partial charge in [0.15, 0.2) is 0 Å². The van der Waals surface area contributed by atoms with Gasteiger partial charge in [-0.05, 0) is 36.2 Å². The van der Waals surface area contributed by atoms with Crippen LogP contribution in [0, 0.1) is 0 Å². The first-order valence-electron chi connectivity index (χ1n) is 6.99. The van der Waals surface area contributed by atoms with E-state index in [4.69, 9.17) is 10.5 Å². The number of nitrogens with zero attached hydrogens (tertiary/aromatic N) is 1. The van der Waals surface area contributed by atoms with E-state index >= 15 is 0 Å². The summed E-state index contributed by atoms with van der Waals surface area (Å²) in [7, 11) is 1.64. The number of hydrogen-bond donors (Lipinski definition) is 1. The van der Waals surface area contributed by atoms with Crippen LogP contribution in [0.5, 0.6) is 5.75 Å². The lowest BCUT2D eigenvalue weighted by atomic mass is 9.99. The van der Waals surface area contributed by atoms with Crippen molar-refractivity contribution in [3.05, 3.63) is 53.6 Å². The SMILES string of the molecule is COc1ccccc1CN1C(=O)CCc2cc(N)ccc21. The number of anilines is 2. The number of aryl methyl sites for hydroxylation is 1. The largest absolute Gasteiger partial charge is 0.496 e. The van der Waals surface area contributed by atoms with Gasteiger partial charge in [-0.3, -0.25) is 4.79 Å². The van der Waals surface area contributed by atoms with Gasteiger partial charge in [0.2, 0.25) is 5.91 Å². The number of para-hydroxylation sites is 1. The van der Waals surface area contributed by atoms with Crippen molar-refractivity contribution < 1.29 is 9.53 Å². The Morgan fingerprint density at radius 3 is 2.81 bits per heavy atom. The summed E-state index contributed by atoms with van der Waals surface area (Å²) in [6, 6.07) is 13.5. The quantitative estimate of drug-likeness (QED) is 0.881. The summed E-state index contributed by atoms with van der Waals surface area (Å²) in [4.78, 5) is 14.1. The van der Waals surface area contributed by atoms with Gasteiger partial charge in [-0.2, -0.15) is 0 Å². The predicted octanol–water partition coefficient (Wildman–Crippen LogP) is 2.76.